The van der Waals surface area contributed by atoms with Gasteiger partial charge in [-0.15, -0.1) is 0 Å². The number of nitrogens with one attached hydrogen (secondary N) is 3. The van der Waals surface area contributed by atoms with Crippen LogP contribution in [0.4, 0.5) is 0 Å². The summed E-state index contributed by atoms with van der Waals surface area (Å²) in [5.41, 5.74) is 7.54. The Morgan fingerprint density at radius 3 is 2.21 bits per heavy atom. The summed E-state index contributed by atoms with van der Waals surface area (Å²) in [5, 5.41) is 15.9. The van der Waals surface area contributed by atoms with Gasteiger partial charge >= 0.3 is 5.97 Å². The highest BCUT2D eigenvalue weighted by molar-refractivity contribution is 5.91. The van der Waals surface area contributed by atoms with Crippen LogP contribution in [0.3, 0.4) is 0 Å². The molecule has 61 heavy (non-hydrogen) atoms. The smallest absolute Gasteiger partial charge is 0.303 e. The van der Waals surface area contributed by atoms with Gasteiger partial charge in [-0.25, -0.2) is 0 Å². The van der Waals surface area contributed by atoms with E-state index >= 15 is 0 Å². The molecule has 0 saturated carbocycles. The standard InChI is InChI=1S/C45H73N7O9/c1-12-28(6)40(51(9)45(59)38(26(2)3)49-44(58)39(27(4)5)50(8)21-16-20-37(54)55)35(60-10)24-36(53)52-22-15-19-34(52)41(61-11)29(7)43(57)48-33(42(46)56)23-30-25-47-32-18-14-13-17-31(30)32/h13-14,17-18,25-29,33-35,38-41,47H,12,15-16,19-24H2,1-11H3,(H2,46,56)(H,48,57)(H,49,58)(H,54,55)/t28?,29?,33?,34-,35?,38?,39?,40?,41?/m0/s1. The summed E-state index contributed by atoms with van der Waals surface area (Å²) in [7, 11) is 6.51. The molecular formula is C45H73N7O9. The number of aliphatic carboxylic acids is 1. The summed E-state index contributed by atoms with van der Waals surface area (Å²) in [6.45, 7) is 14.1. The van der Waals surface area contributed by atoms with Crippen molar-refractivity contribution >= 4 is 46.4 Å². The number of amides is 5. The molecule has 0 radical (unpaired) electrons. The molecule has 5 amide bonds. The fourth-order valence-corrected chi connectivity index (χ4v) is 8.95. The van der Waals surface area contributed by atoms with Gasteiger partial charge < -0.3 is 45.7 Å². The third kappa shape index (κ3) is 13.2. The van der Waals surface area contributed by atoms with Crippen LogP contribution >= 0.6 is 0 Å². The van der Waals surface area contributed by atoms with Gasteiger partial charge in [-0.3, -0.25) is 33.7 Å². The minimum atomic E-state index is -0.968. The van der Waals surface area contributed by atoms with Crippen LogP contribution < -0.4 is 16.4 Å². The maximum Gasteiger partial charge on any atom is 0.303 e. The van der Waals surface area contributed by atoms with Crippen LogP contribution in [0.25, 0.3) is 10.9 Å². The molecule has 8 unspecified atom stereocenters. The van der Waals surface area contributed by atoms with Crippen LogP contribution in [0.1, 0.15) is 92.6 Å². The highest BCUT2D eigenvalue weighted by atomic mass is 16.5. The number of methoxy groups -OCH3 is 2. The molecule has 6 N–H and O–H groups in total. The molecule has 0 spiro atoms. The molecule has 16 heteroatoms. The number of carbonyl (C=O) groups excluding carboxylic acids is 5. The Labute approximate surface area is 362 Å². The van der Waals surface area contributed by atoms with Crippen LogP contribution in [0.2, 0.25) is 0 Å². The minimum absolute atomic E-state index is 0.0110. The number of nitrogens with zero attached hydrogens (tertiary/aromatic N) is 3. The second kappa shape index (κ2) is 23.6. The molecule has 1 aliphatic rings. The number of para-hydroxylation sites is 1. The molecule has 3 rings (SSSR count). The number of fused-ring (bicyclic) bond motifs is 1. The average molecular weight is 856 g/mol. The van der Waals surface area contributed by atoms with Crippen LogP contribution in [0.15, 0.2) is 30.5 Å². The molecule has 1 aromatic heterocycles. The lowest BCUT2D eigenvalue weighted by atomic mass is 9.89. The molecule has 0 bridgehead atoms. The van der Waals surface area contributed by atoms with Crippen LogP contribution in [-0.2, 0) is 44.7 Å². The van der Waals surface area contributed by atoms with Gasteiger partial charge in [0.25, 0.3) is 0 Å². The Kier molecular flexibility index (Phi) is 19.7. The number of likely N-dealkylation sites (N-methyl/N-ethyl adjacent to an activating group) is 2. The first kappa shape index (κ1) is 50.8. The number of aromatic nitrogens is 1. The fourth-order valence-electron chi connectivity index (χ4n) is 8.95. The second-order valence-corrected chi connectivity index (χ2v) is 17.5. The largest absolute Gasteiger partial charge is 0.481 e. The lowest BCUT2D eigenvalue weighted by Gasteiger charge is -2.41. The number of hydrogen-bond acceptors (Lipinski definition) is 9. The van der Waals surface area contributed by atoms with E-state index in [2.05, 4.69) is 15.6 Å². The quantitative estimate of drug-likeness (QED) is 0.0979. The Morgan fingerprint density at radius 1 is 0.967 bits per heavy atom. The van der Waals surface area contributed by atoms with Gasteiger partial charge in [0.15, 0.2) is 0 Å². The van der Waals surface area contributed by atoms with E-state index in [1.807, 2.05) is 76.9 Å². The molecule has 1 aliphatic heterocycles. The van der Waals surface area contributed by atoms with E-state index < -0.39 is 66.1 Å². The summed E-state index contributed by atoms with van der Waals surface area (Å²) < 4.78 is 12.0. The maximum atomic E-state index is 14.4. The number of carboxylic acid groups (broad SMARTS) is 1. The number of aromatic amines is 1. The molecule has 9 atom stereocenters. The highest BCUT2D eigenvalue weighted by Gasteiger charge is 2.43. The zero-order valence-electron chi connectivity index (χ0n) is 38.2. The Balaban J connectivity index is 1.77. The lowest BCUT2D eigenvalue weighted by Crippen LogP contribution is -2.60. The van der Waals surface area contributed by atoms with Crippen molar-refractivity contribution in [2.24, 2.45) is 29.4 Å². The predicted molar refractivity (Wildman–Crippen MR) is 234 cm³/mol. The van der Waals surface area contributed by atoms with Gasteiger partial charge in [0.05, 0.1) is 42.7 Å². The van der Waals surface area contributed by atoms with Crippen molar-refractivity contribution in [3.63, 3.8) is 0 Å². The molecular weight excluding hydrogens is 783 g/mol. The third-order valence-corrected chi connectivity index (χ3v) is 12.5. The summed E-state index contributed by atoms with van der Waals surface area (Å²) in [6.07, 6.45) is 2.93. The second-order valence-electron chi connectivity index (χ2n) is 17.5. The highest BCUT2D eigenvalue weighted by Crippen LogP contribution is 2.30. The van der Waals surface area contributed by atoms with E-state index in [0.29, 0.717) is 38.8 Å². The number of nitrogens with two attached hydrogens (primary N) is 1. The van der Waals surface area contributed by atoms with Crippen LogP contribution in [-0.4, -0.2) is 144 Å². The monoisotopic (exact) mass is 856 g/mol. The van der Waals surface area contributed by atoms with E-state index in [4.69, 9.17) is 20.3 Å². The Morgan fingerprint density at radius 2 is 1.64 bits per heavy atom. The van der Waals surface area contributed by atoms with Gasteiger partial charge in [-0.05, 0) is 62.2 Å². The van der Waals surface area contributed by atoms with Gasteiger partial charge in [0, 0.05) is 57.8 Å². The molecule has 1 aromatic carbocycles. The number of primary amides is 1. The summed E-state index contributed by atoms with van der Waals surface area (Å²) >= 11 is 0. The van der Waals surface area contributed by atoms with E-state index in [0.717, 1.165) is 16.5 Å². The number of H-pyrrole nitrogens is 1. The molecule has 2 aromatic rings. The molecule has 16 nitrogen and oxygen atoms in total. The van der Waals surface area contributed by atoms with Crippen molar-refractivity contribution < 1.29 is 43.3 Å². The Bertz CT molecular complexity index is 1780. The number of hydrogen-bond donors (Lipinski definition) is 5. The zero-order chi connectivity index (χ0) is 45.7. The number of carboxylic acids is 1. The predicted octanol–water partition coefficient (Wildman–Crippen LogP) is 3.56. The lowest BCUT2D eigenvalue weighted by molar-refractivity contribution is -0.148. The third-order valence-electron chi connectivity index (χ3n) is 12.5. The van der Waals surface area contributed by atoms with Crippen LogP contribution in [0.5, 0.6) is 0 Å². The first-order chi connectivity index (χ1) is 28.8. The SMILES string of the molecule is CCC(C)C(C(CC(=O)N1CCC[C@H]1C(OC)C(C)C(=O)NC(Cc1c[nH]c2ccccc12)C(N)=O)OC)N(C)C(=O)C(NC(=O)C(C(C)C)N(C)CCCC(=O)O)C(C)C. The van der Waals surface area contributed by atoms with Crippen LogP contribution in [0, 0.1) is 23.7 Å². The van der Waals surface area contributed by atoms with Crippen molar-refractivity contribution in [2.75, 3.05) is 41.4 Å². The number of rotatable bonds is 25. The number of likely N-dealkylation sites (tertiary alicyclic amines) is 1. The van der Waals surface area contributed by atoms with Crippen molar-refractivity contribution in [2.45, 2.75) is 136 Å². The minimum Gasteiger partial charge on any atom is -0.481 e. The number of benzene rings is 1. The van der Waals surface area contributed by atoms with Gasteiger partial charge in [0.1, 0.15) is 12.1 Å². The van der Waals surface area contributed by atoms with E-state index in [-0.39, 0.29) is 54.7 Å². The Hall–Kier alpha value is -4.54. The first-order valence-corrected chi connectivity index (χ1v) is 21.8. The molecule has 342 valence electrons. The normalized spacial score (nSPS) is 18.3. The van der Waals surface area contributed by atoms with Crippen molar-refractivity contribution in [1.82, 2.24) is 30.3 Å². The number of ether oxygens (including phenoxy) is 2. The number of carbonyl (C=O) groups is 6. The fraction of sp³-hybridized carbons (Fsp3) is 0.689. The zero-order valence-corrected chi connectivity index (χ0v) is 38.2. The van der Waals surface area contributed by atoms with Crippen molar-refractivity contribution in [1.29, 1.82) is 0 Å². The van der Waals surface area contributed by atoms with Crippen molar-refractivity contribution in [3.05, 3.63) is 36.0 Å². The van der Waals surface area contributed by atoms with Gasteiger partial charge in [-0.2, -0.15) is 0 Å². The van der Waals surface area contributed by atoms with E-state index in [1.165, 1.54) is 14.2 Å². The van der Waals surface area contributed by atoms with Gasteiger partial charge in [0.2, 0.25) is 29.5 Å². The topological polar surface area (TPSA) is 217 Å². The average Bonchev–Trinajstić information content (AvgIpc) is 3.86. The van der Waals surface area contributed by atoms with E-state index in [9.17, 15) is 28.8 Å². The maximum absolute atomic E-state index is 14.4. The van der Waals surface area contributed by atoms with Gasteiger partial charge in [-0.1, -0.05) is 73.1 Å². The van der Waals surface area contributed by atoms with E-state index in [1.54, 1.807) is 30.8 Å². The molecule has 1 saturated heterocycles. The summed E-state index contributed by atoms with van der Waals surface area (Å²) in [4.78, 5) is 88.4. The molecule has 0 aliphatic carbocycles. The van der Waals surface area contributed by atoms with Crippen molar-refractivity contribution in [3.8, 4) is 0 Å². The summed E-state index contributed by atoms with van der Waals surface area (Å²) in [6, 6.07) is 4.28. The molecule has 2 heterocycles. The molecule has 1 fully saturated rings. The summed E-state index contributed by atoms with van der Waals surface area (Å²) in [5.74, 6) is -4.03. The first-order valence-electron chi connectivity index (χ1n) is 21.8.